The number of nitrogens with one attached hydrogen (secondary N) is 1. The minimum atomic E-state index is -0.429. The van der Waals surface area contributed by atoms with Gasteiger partial charge in [-0.25, -0.2) is 4.39 Å². The first-order chi connectivity index (χ1) is 13.7. The molecule has 1 aromatic heterocycles. The van der Waals surface area contributed by atoms with Crippen LogP contribution in [0.25, 0.3) is 22.0 Å². The minimum Gasteiger partial charge on any atom is -0.491 e. The van der Waals surface area contributed by atoms with Gasteiger partial charge in [0.1, 0.15) is 5.82 Å². The van der Waals surface area contributed by atoms with Crippen molar-refractivity contribution in [1.29, 1.82) is 0 Å². The number of hydrogen-bond donors (Lipinski definition) is 1. The number of hydrogen-bond acceptors (Lipinski definition) is 3. The van der Waals surface area contributed by atoms with E-state index in [2.05, 4.69) is 9.88 Å². The first-order valence-corrected chi connectivity index (χ1v) is 9.98. The number of rotatable bonds is 6. The Bertz CT molecular complexity index is 995. The largest absolute Gasteiger partial charge is 0.491 e. The lowest BCUT2D eigenvalue weighted by Crippen LogP contribution is -2.31. The Hall–Kier alpha value is -2.66. The van der Waals surface area contributed by atoms with Gasteiger partial charge in [0.2, 0.25) is 0 Å². The second-order valence-electron chi connectivity index (χ2n) is 7.32. The molecule has 1 aliphatic rings. The van der Waals surface area contributed by atoms with Gasteiger partial charge in [0.15, 0.2) is 5.75 Å². The summed E-state index contributed by atoms with van der Waals surface area (Å²) in [4.78, 5) is 17.9. The first kappa shape index (κ1) is 18.7. The van der Waals surface area contributed by atoms with Gasteiger partial charge >= 0.3 is 0 Å². The molecule has 0 radical (unpaired) electrons. The van der Waals surface area contributed by atoms with E-state index in [1.165, 1.54) is 31.4 Å². The Morgan fingerprint density at radius 3 is 2.57 bits per heavy atom. The predicted molar refractivity (Wildman–Crippen MR) is 110 cm³/mol. The smallest absolute Gasteiger partial charge is 0.256 e. The molecule has 1 saturated heterocycles. The van der Waals surface area contributed by atoms with Crippen molar-refractivity contribution in [2.45, 2.75) is 25.7 Å². The normalized spacial score (nSPS) is 15.0. The lowest BCUT2D eigenvalue weighted by Gasteiger charge is -2.26. The van der Waals surface area contributed by atoms with Crippen molar-refractivity contribution in [2.24, 2.45) is 0 Å². The maximum absolute atomic E-state index is 13.7. The highest BCUT2D eigenvalue weighted by molar-refractivity contribution is 5.92. The second-order valence-corrected chi connectivity index (χ2v) is 7.32. The van der Waals surface area contributed by atoms with E-state index >= 15 is 0 Å². The molecule has 2 heterocycles. The number of aromatic amines is 1. The van der Waals surface area contributed by atoms with Crippen LogP contribution >= 0.6 is 0 Å². The fourth-order valence-corrected chi connectivity index (χ4v) is 3.88. The SMILES string of the molecule is O=c1[nH]c(-c2ccccc2)c(OCCCN2CCCCC2)c2ccc(F)cc12. The molecule has 1 N–H and O–H groups in total. The number of likely N-dealkylation sites (tertiary alicyclic amines) is 1. The molecule has 4 rings (SSSR count). The standard InChI is InChI=1S/C23H25FN2O2/c24-18-10-11-19-20(16-18)23(27)25-21(17-8-3-1-4-9-17)22(19)28-15-7-14-26-12-5-2-6-13-26/h1,3-4,8-11,16H,2,5-7,12-15H2,(H,25,27). The first-order valence-electron chi connectivity index (χ1n) is 9.98. The lowest BCUT2D eigenvalue weighted by molar-refractivity contribution is 0.205. The van der Waals surface area contributed by atoms with Gasteiger partial charge in [-0.2, -0.15) is 0 Å². The number of aromatic nitrogens is 1. The minimum absolute atomic E-state index is 0.311. The number of H-pyrrole nitrogens is 1. The Morgan fingerprint density at radius 2 is 1.79 bits per heavy atom. The monoisotopic (exact) mass is 380 g/mol. The van der Waals surface area contributed by atoms with Gasteiger partial charge in [0.25, 0.3) is 5.56 Å². The fourth-order valence-electron chi connectivity index (χ4n) is 3.88. The van der Waals surface area contributed by atoms with Crippen LogP contribution in [0.3, 0.4) is 0 Å². The molecule has 0 bridgehead atoms. The van der Waals surface area contributed by atoms with Gasteiger partial charge in [0, 0.05) is 17.5 Å². The molecule has 0 aliphatic carbocycles. The third kappa shape index (κ3) is 4.09. The highest BCUT2D eigenvalue weighted by Crippen LogP contribution is 2.33. The highest BCUT2D eigenvalue weighted by Gasteiger charge is 2.16. The fraction of sp³-hybridized carbons (Fsp3) is 0.348. The van der Waals surface area contributed by atoms with Crippen molar-refractivity contribution in [3.8, 4) is 17.0 Å². The summed E-state index contributed by atoms with van der Waals surface area (Å²) in [6.07, 6.45) is 4.79. The van der Waals surface area contributed by atoms with E-state index in [1.54, 1.807) is 6.07 Å². The number of ether oxygens (including phenoxy) is 1. The van der Waals surface area contributed by atoms with Gasteiger partial charge in [-0.15, -0.1) is 0 Å². The summed E-state index contributed by atoms with van der Waals surface area (Å²) in [6, 6.07) is 13.9. The van der Waals surface area contributed by atoms with Crippen molar-refractivity contribution in [2.75, 3.05) is 26.2 Å². The molecule has 28 heavy (non-hydrogen) atoms. The summed E-state index contributed by atoms with van der Waals surface area (Å²) >= 11 is 0. The van der Waals surface area contributed by atoms with Gasteiger partial charge < -0.3 is 14.6 Å². The summed E-state index contributed by atoms with van der Waals surface area (Å²) in [5.41, 5.74) is 1.20. The van der Waals surface area contributed by atoms with Gasteiger partial charge in [-0.05, 0) is 50.6 Å². The van der Waals surface area contributed by atoms with Crippen molar-refractivity contribution in [1.82, 2.24) is 9.88 Å². The number of halogens is 1. The third-order valence-electron chi connectivity index (χ3n) is 5.31. The number of nitrogens with zero attached hydrogens (tertiary/aromatic N) is 1. The second kappa shape index (κ2) is 8.57. The van der Waals surface area contributed by atoms with Crippen LogP contribution in [0.4, 0.5) is 4.39 Å². The Kier molecular flexibility index (Phi) is 5.72. The van der Waals surface area contributed by atoms with Crippen LogP contribution in [-0.4, -0.2) is 36.1 Å². The van der Waals surface area contributed by atoms with Crippen molar-refractivity contribution in [3.63, 3.8) is 0 Å². The Labute approximate surface area is 164 Å². The summed E-state index contributed by atoms with van der Waals surface area (Å²) in [5, 5.41) is 0.952. The number of pyridine rings is 1. The topological polar surface area (TPSA) is 45.3 Å². The zero-order valence-electron chi connectivity index (χ0n) is 15.9. The van der Waals surface area contributed by atoms with Crippen LogP contribution in [0.15, 0.2) is 53.3 Å². The molecule has 0 spiro atoms. The average molecular weight is 380 g/mol. The molecule has 5 heteroatoms. The van der Waals surface area contributed by atoms with E-state index in [1.807, 2.05) is 30.3 Å². The summed E-state index contributed by atoms with van der Waals surface area (Å²) in [5.74, 6) is 0.181. The van der Waals surface area contributed by atoms with Crippen LogP contribution in [0.2, 0.25) is 0 Å². The molecular weight excluding hydrogens is 355 g/mol. The quantitative estimate of drug-likeness (QED) is 0.636. The van der Waals surface area contributed by atoms with Crippen LogP contribution in [0.5, 0.6) is 5.75 Å². The molecule has 3 aromatic rings. The van der Waals surface area contributed by atoms with Gasteiger partial charge in [0.05, 0.1) is 17.7 Å². The zero-order valence-corrected chi connectivity index (χ0v) is 15.9. The molecule has 0 atom stereocenters. The van der Waals surface area contributed by atoms with E-state index in [9.17, 15) is 9.18 Å². The van der Waals surface area contributed by atoms with Crippen LogP contribution in [-0.2, 0) is 0 Å². The molecule has 1 aliphatic heterocycles. The number of benzene rings is 2. The number of fused-ring (bicyclic) bond motifs is 1. The molecule has 0 amide bonds. The van der Waals surface area contributed by atoms with Crippen LogP contribution < -0.4 is 10.3 Å². The van der Waals surface area contributed by atoms with E-state index in [0.717, 1.165) is 31.6 Å². The molecule has 2 aromatic carbocycles. The maximum Gasteiger partial charge on any atom is 0.256 e. The molecule has 0 saturated carbocycles. The summed E-state index contributed by atoms with van der Waals surface area (Å²) in [6.45, 7) is 3.89. The predicted octanol–water partition coefficient (Wildman–Crippen LogP) is 4.59. The van der Waals surface area contributed by atoms with E-state index in [0.29, 0.717) is 28.8 Å². The van der Waals surface area contributed by atoms with Gasteiger partial charge in [-0.3, -0.25) is 4.79 Å². The molecular formula is C23H25FN2O2. The molecule has 0 unspecified atom stereocenters. The van der Waals surface area contributed by atoms with E-state index in [4.69, 9.17) is 4.74 Å². The summed E-state index contributed by atoms with van der Waals surface area (Å²) in [7, 11) is 0. The van der Waals surface area contributed by atoms with Crippen LogP contribution in [0.1, 0.15) is 25.7 Å². The third-order valence-corrected chi connectivity index (χ3v) is 5.31. The van der Waals surface area contributed by atoms with Crippen LogP contribution in [0, 0.1) is 5.82 Å². The van der Waals surface area contributed by atoms with E-state index < -0.39 is 5.82 Å². The van der Waals surface area contributed by atoms with Crippen molar-refractivity contribution < 1.29 is 9.13 Å². The zero-order chi connectivity index (χ0) is 19.3. The summed E-state index contributed by atoms with van der Waals surface area (Å²) < 4.78 is 19.9. The maximum atomic E-state index is 13.7. The average Bonchev–Trinajstić information content (AvgIpc) is 2.74. The number of piperidine rings is 1. The van der Waals surface area contributed by atoms with Gasteiger partial charge in [-0.1, -0.05) is 36.8 Å². The molecule has 146 valence electrons. The lowest BCUT2D eigenvalue weighted by atomic mass is 10.1. The molecule has 1 fully saturated rings. The Balaban J connectivity index is 1.62. The highest BCUT2D eigenvalue weighted by atomic mass is 19.1. The molecule has 4 nitrogen and oxygen atoms in total. The van der Waals surface area contributed by atoms with Crippen molar-refractivity contribution in [3.05, 3.63) is 64.7 Å². The Morgan fingerprint density at radius 1 is 1.00 bits per heavy atom. The van der Waals surface area contributed by atoms with E-state index in [-0.39, 0.29) is 5.56 Å². The van der Waals surface area contributed by atoms with Crippen molar-refractivity contribution >= 4 is 10.8 Å².